The van der Waals surface area contributed by atoms with Gasteiger partial charge in [-0.25, -0.2) is 9.07 Å². The Kier molecular flexibility index (Phi) is 5.14. The predicted octanol–water partition coefficient (Wildman–Crippen LogP) is 1.16. The molecule has 2 rings (SSSR count). The molecule has 0 saturated heterocycles. The highest BCUT2D eigenvalue weighted by atomic mass is 19.1. The van der Waals surface area contributed by atoms with Crippen LogP contribution < -0.4 is 5.32 Å². The fourth-order valence-corrected chi connectivity index (χ4v) is 1.95. The number of nitrogens with zero attached hydrogens (tertiary/aromatic N) is 4. The summed E-state index contributed by atoms with van der Waals surface area (Å²) in [4.78, 5) is 0. The van der Waals surface area contributed by atoms with Crippen molar-refractivity contribution < 1.29 is 9.13 Å². The van der Waals surface area contributed by atoms with E-state index in [0.717, 1.165) is 0 Å². The highest BCUT2D eigenvalue weighted by Crippen LogP contribution is 2.20. The van der Waals surface area contributed by atoms with Crippen molar-refractivity contribution in [3.05, 3.63) is 41.5 Å². The maximum Gasteiger partial charge on any atom is 0.165 e. The van der Waals surface area contributed by atoms with Gasteiger partial charge in [0, 0.05) is 19.2 Å². The number of benzene rings is 1. The van der Waals surface area contributed by atoms with E-state index in [9.17, 15) is 4.39 Å². The summed E-state index contributed by atoms with van der Waals surface area (Å²) in [5.74, 6) is 0.408. The van der Waals surface area contributed by atoms with Crippen LogP contribution in [0.15, 0.2) is 24.3 Å². The number of methoxy groups -OCH3 is 1. The van der Waals surface area contributed by atoms with E-state index >= 15 is 0 Å². The van der Waals surface area contributed by atoms with Gasteiger partial charge >= 0.3 is 0 Å². The summed E-state index contributed by atoms with van der Waals surface area (Å²) in [6, 6.07) is 6.38. The van der Waals surface area contributed by atoms with Crippen LogP contribution in [0.5, 0.6) is 0 Å². The molecule has 0 aliphatic rings. The second kappa shape index (κ2) is 7.06. The first kappa shape index (κ1) is 14.5. The third-order valence-electron chi connectivity index (χ3n) is 3.05. The van der Waals surface area contributed by atoms with Crippen molar-refractivity contribution in [1.82, 2.24) is 25.5 Å². The summed E-state index contributed by atoms with van der Waals surface area (Å²) in [5.41, 5.74) is 0.568. The lowest BCUT2D eigenvalue weighted by atomic mass is 10.1. The molecule has 0 aliphatic carbocycles. The molecule has 0 amide bonds. The van der Waals surface area contributed by atoms with Gasteiger partial charge in [0.05, 0.1) is 19.2 Å². The standard InChI is InChI=1S/C13H18FN5O/c1-10(11-5-3-4-6-12(11)14)19-13(16-17-18-19)9-15-7-8-20-2/h3-6,10,15H,7-9H2,1-2H3. The van der Waals surface area contributed by atoms with E-state index in [4.69, 9.17) is 4.74 Å². The first-order chi connectivity index (χ1) is 9.74. The second-order valence-electron chi connectivity index (χ2n) is 4.41. The predicted molar refractivity (Wildman–Crippen MR) is 71.6 cm³/mol. The molecule has 0 spiro atoms. The normalized spacial score (nSPS) is 12.6. The van der Waals surface area contributed by atoms with Crippen molar-refractivity contribution in [3.8, 4) is 0 Å². The quantitative estimate of drug-likeness (QED) is 0.770. The molecular formula is C13H18FN5O. The molecular weight excluding hydrogens is 261 g/mol. The molecule has 0 saturated carbocycles. The lowest BCUT2D eigenvalue weighted by molar-refractivity contribution is 0.198. The average molecular weight is 279 g/mol. The van der Waals surface area contributed by atoms with Crippen LogP contribution in [0.4, 0.5) is 4.39 Å². The van der Waals surface area contributed by atoms with Crippen LogP contribution in [-0.4, -0.2) is 40.5 Å². The maximum absolute atomic E-state index is 13.8. The van der Waals surface area contributed by atoms with E-state index in [1.165, 1.54) is 6.07 Å². The summed E-state index contributed by atoms with van der Waals surface area (Å²) < 4.78 is 20.4. The van der Waals surface area contributed by atoms with Gasteiger partial charge in [0.15, 0.2) is 5.82 Å². The molecule has 108 valence electrons. The summed E-state index contributed by atoms with van der Waals surface area (Å²) in [6.07, 6.45) is 0. The van der Waals surface area contributed by atoms with Gasteiger partial charge in [0.1, 0.15) is 5.82 Å². The van der Waals surface area contributed by atoms with E-state index in [-0.39, 0.29) is 11.9 Å². The van der Waals surface area contributed by atoms with Gasteiger partial charge in [-0.15, -0.1) is 5.10 Å². The Morgan fingerprint density at radius 2 is 2.20 bits per heavy atom. The van der Waals surface area contributed by atoms with Gasteiger partial charge in [0.2, 0.25) is 0 Å². The number of halogens is 1. The van der Waals surface area contributed by atoms with Gasteiger partial charge in [-0.3, -0.25) is 0 Å². The highest BCUT2D eigenvalue weighted by Gasteiger charge is 2.17. The second-order valence-corrected chi connectivity index (χ2v) is 4.41. The SMILES string of the molecule is COCCNCc1nnnn1C(C)c1ccccc1F. The summed E-state index contributed by atoms with van der Waals surface area (Å²) in [6.45, 7) is 3.70. The average Bonchev–Trinajstić information content (AvgIpc) is 2.92. The monoisotopic (exact) mass is 279 g/mol. The number of ether oxygens (including phenoxy) is 1. The molecule has 0 bridgehead atoms. The minimum atomic E-state index is -0.259. The molecule has 7 heteroatoms. The number of nitrogens with one attached hydrogen (secondary N) is 1. The maximum atomic E-state index is 13.8. The zero-order chi connectivity index (χ0) is 14.4. The molecule has 0 aliphatic heterocycles. The van der Waals surface area contributed by atoms with Crippen molar-refractivity contribution in [1.29, 1.82) is 0 Å². The molecule has 1 heterocycles. The van der Waals surface area contributed by atoms with E-state index in [1.807, 2.05) is 6.92 Å². The number of hydrogen-bond donors (Lipinski definition) is 1. The first-order valence-corrected chi connectivity index (χ1v) is 6.45. The minimum absolute atomic E-state index is 0.256. The largest absolute Gasteiger partial charge is 0.383 e. The van der Waals surface area contributed by atoms with Crippen molar-refractivity contribution in [2.75, 3.05) is 20.3 Å². The fraction of sp³-hybridized carbons (Fsp3) is 0.462. The Labute approximate surface area is 116 Å². The smallest absolute Gasteiger partial charge is 0.165 e. The summed E-state index contributed by atoms with van der Waals surface area (Å²) >= 11 is 0. The summed E-state index contributed by atoms with van der Waals surface area (Å²) in [5, 5.41) is 14.8. The van der Waals surface area contributed by atoms with Crippen LogP contribution >= 0.6 is 0 Å². The van der Waals surface area contributed by atoms with Crippen LogP contribution in [-0.2, 0) is 11.3 Å². The van der Waals surface area contributed by atoms with Crippen molar-refractivity contribution in [2.24, 2.45) is 0 Å². The molecule has 6 nitrogen and oxygen atoms in total. The third-order valence-corrected chi connectivity index (χ3v) is 3.05. The summed E-state index contributed by atoms with van der Waals surface area (Å²) in [7, 11) is 1.64. The number of tetrazole rings is 1. The van der Waals surface area contributed by atoms with E-state index < -0.39 is 0 Å². The third kappa shape index (κ3) is 3.37. The molecule has 1 aromatic carbocycles. The Morgan fingerprint density at radius 3 is 2.95 bits per heavy atom. The fourth-order valence-electron chi connectivity index (χ4n) is 1.95. The Hall–Kier alpha value is -1.86. The van der Waals surface area contributed by atoms with Crippen molar-refractivity contribution >= 4 is 0 Å². The molecule has 1 unspecified atom stereocenters. The molecule has 1 atom stereocenters. The number of hydrogen-bond acceptors (Lipinski definition) is 5. The van der Waals surface area contributed by atoms with Crippen molar-refractivity contribution in [2.45, 2.75) is 19.5 Å². The van der Waals surface area contributed by atoms with Gasteiger partial charge < -0.3 is 10.1 Å². The lowest BCUT2D eigenvalue weighted by Gasteiger charge is -2.14. The molecule has 2 aromatic rings. The van der Waals surface area contributed by atoms with Gasteiger partial charge in [0.25, 0.3) is 0 Å². The Morgan fingerprint density at radius 1 is 1.40 bits per heavy atom. The number of rotatable bonds is 7. The van der Waals surface area contributed by atoms with E-state index in [1.54, 1.807) is 30.0 Å². The van der Waals surface area contributed by atoms with Crippen LogP contribution in [0.25, 0.3) is 0 Å². The highest BCUT2D eigenvalue weighted by molar-refractivity contribution is 5.21. The van der Waals surface area contributed by atoms with E-state index in [2.05, 4.69) is 20.8 Å². The minimum Gasteiger partial charge on any atom is -0.383 e. The Balaban J connectivity index is 2.09. The lowest BCUT2D eigenvalue weighted by Crippen LogP contribution is -2.23. The molecule has 0 fully saturated rings. The van der Waals surface area contributed by atoms with Crippen LogP contribution in [0.3, 0.4) is 0 Å². The molecule has 0 radical (unpaired) electrons. The Bertz CT molecular complexity index is 545. The van der Waals surface area contributed by atoms with Gasteiger partial charge in [-0.05, 0) is 23.4 Å². The van der Waals surface area contributed by atoms with E-state index in [0.29, 0.717) is 31.1 Å². The first-order valence-electron chi connectivity index (χ1n) is 6.45. The molecule has 20 heavy (non-hydrogen) atoms. The zero-order valence-corrected chi connectivity index (χ0v) is 11.6. The van der Waals surface area contributed by atoms with Crippen LogP contribution in [0, 0.1) is 5.82 Å². The number of aromatic nitrogens is 4. The van der Waals surface area contributed by atoms with Gasteiger partial charge in [-0.2, -0.15) is 0 Å². The van der Waals surface area contributed by atoms with Gasteiger partial charge in [-0.1, -0.05) is 18.2 Å². The molecule has 1 aromatic heterocycles. The van der Waals surface area contributed by atoms with Crippen LogP contribution in [0.1, 0.15) is 24.4 Å². The van der Waals surface area contributed by atoms with Crippen LogP contribution in [0.2, 0.25) is 0 Å². The van der Waals surface area contributed by atoms with Crippen molar-refractivity contribution in [3.63, 3.8) is 0 Å². The molecule has 1 N–H and O–H groups in total. The topological polar surface area (TPSA) is 64.9 Å². The zero-order valence-electron chi connectivity index (χ0n) is 11.6.